The molecule has 3 heterocycles. The second-order valence-corrected chi connectivity index (χ2v) is 8.10. The van der Waals surface area contributed by atoms with Crippen LogP contribution in [0.3, 0.4) is 0 Å². The van der Waals surface area contributed by atoms with E-state index in [1.54, 1.807) is 36.8 Å². The van der Waals surface area contributed by atoms with Gasteiger partial charge < -0.3 is 15.0 Å². The molecule has 36 heavy (non-hydrogen) atoms. The summed E-state index contributed by atoms with van der Waals surface area (Å²) in [4.78, 5) is 24.4. The Hall–Kier alpha value is -4.66. The van der Waals surface area contributed by atoms with Crippen LogP contribution < -0.4 is 10.1 Å². The summed E-state index contributed by atoms with van der Waals surface area (Å²) in [5.74, 6) is 0.372. The zero-order valence-electron chi connectivity index (χ0n) is 18.9. The lowest BCUT2D eigenvalue weighted by atomic mass is 10.1. The molecular weight excluding hydrogens is 469 g/mol. The molecule has 0 atom stereocenters. The topological polar surface area (TPSA) is 79.9 Å². The first-order valence-corrected chi connectivity index (χ1v) is 10.9. The van der Waals surface area contributed by atoms with Crippen LogP contribution in [0.1, 0.15) is 21.5 Å². The zero-order valence-corrected chi connectivity index (χ0v) is 18.9. The average molecular weight is 488 g/mol. The van der Waals surface area contributed by atoms with Crippen LogP contribution in [0.25, 0.3) is 22.3 Å². The van der Waals surface area contributed by atoms with Crippen LogP contribution in [-0.2, 0) is 6.18 Å². The van der Waals surface area contributed by atoms with Gasteiger partial charge in [-0.25, -0.2) is 4.98 Å². The van der Waals surface area contributed by atoms with Crippen molar-refractivity contribution in [3.05, 3.63) is 102 Å². The quantitative estimate of drug-likeness (QED) is 0.279. The van der Waals surface area contributed by atoms with Gasteiger partial charge in [0.25, 0.3) is 5.91 Å². The third-order valence-corrected chi connectivity index (χ3v) is 5.58. The van der Waals surface area contributed by atoms with Crippen molar-refractivity contribution < 1.29 is 22.7 Å². The molecule has 0 aliphatic carbocycles. The van der Waals surface area contributed by atoms with Gasteiger partial charge >= 0.3 is 6.18 Å². The number of ether oxygens (including phenoxy) is 1. The largest absolute Gasteiger partial charge is 0.456 e. The maximum Gasteiger partial charge on any atom is 0.416 e. The van der Waals surface area contributed by atoms with Crippen molar-refractivity contribution in [1.82, 2.24) is 15.0 Å². The van der Waals surface area contributed by atoms with Crippen LogP contribution in [0.15, 0.2) is 85.3 Å². The molecule has 180 valence electrons. The zero-order chi connectivity index (χ0) is 25.3. The minimum Gasteiger partial charge on any atom is -0.456 e. The molecule has 5 rings (SSSR count). The number of nitrogens with zero attached hydrogens (tertiary/aromatic N) is 2. The van der Waals surface area contributed by atoms with Crippen LogP contribution in [0.4, 0.5) is 18.9 Å². The standard InChI is InChI=1S/C27H19F3N4O2/c1-16-5-6-20(33-26(35)18-3-2-4-19(13-18)27(28,29)30)14-23(16)36-24-15-22(17-7-10-31-11-8-17)34-25-21(24)9-12-32-25/h2-15H,1H3,(H,32,34)(H,33,35). The number of fused-ring (bicyclic) bond motifs is 1. The number of halogens is 3. The average Bonchev–Trinajstić information content (AvgIpc) is 3.35. The van der Waals surface area contributed by atoms with E-state index < -0.39 is 17.6 Å². The van der Waals surface area contributed by atoms with Crippen molar-refractivity contribution in [1.29, 1.82) is 0 Å². The van der Waals surface area contributed by atoms with Gasteiger partial charge in [-0.15, -0.1) is 0 Å². The number of rotatable bonds is 5. The molecule has 0 bridgehead atoms. The third-order valence-electron chi connectivity index (χ3n) is 5.58. The first kappa shape index (κ1) is 23.1. The summed E-state index contributed by atoms with van der Waals surface area (Å²) in [5.41, 5.74) is 2.40. The number of aryl methyl sites for hydroxylation is 1. The number of H-pyrrole nitrogens is 1. The molecule has 0 saturated heterocycles. The van der Waals surface area contributed by atoms with Crippen LogP contribution in [0, 0.1) is 6.92 Å². The van der Waals surface area contributed by atoms with Gasteiger partial charge in [-0.3, -0.25) is 9.78 Å². The van der Waals surface area contributed by atoms with E-state index in [-0.39, 0.29) is 5.56 Å². The fourth-order valence-corrected chi connectivity index (χ4v) is 3.71. The number of benzene rings is 2. The molecule has 0 fully saturated rings. The minimum absolute atomic E-state index is 0.0990. The van der Waals surface area contributed by atoms with E-state index >= 15 is 0 Å². The molecule has 5 aromatic rings. The summed E-state index contributed by atoms with van der Waals surface area (Å²) < 4.78 is 45.3. The van der Waals surface area contributed by atoms with Crippen LogP contribution >= 0.6 is 0 Å². The van der Waals surface area contributed by atoms with E-state index in [2.05, 4.69) is 20.3 Å². The molecule has 9 heteroatoms. The Balaban J connectivity index is 1.44. The number of aromatic nitrogens is 3. The highest BCUT2D eigenvalue weighted by atomic mass is 19.4. The monoisotopic (exact) mass is 488 g/mol. The van der Waals surface area contributed by atoms with Crippen molar-refractivity contribution in [2.45, 2.75) is 13.1 Å². The molecule has 0 aliphatic heterocycles. The maximum atomic E-state index is 13.0. The van der Waals surface area contributed by atoms with E-state index in [9.17, 15) is 18.0 Å². The molecule has 2 N–H and O–H groups in total. The van der Waals surface area contributed by atoms with Crippen molar-refractivity contribution in [3.8, 4) is 22.8 Å². The SMILES string of the molecule is Cc1ccc(NC(=O)c2cccc(C(F)(F)F)c2)cc1Oc1cc(-c2ccncc2)nc2[nH]ccc12. The number of hydrogen-bond acceptors (Lipinski definition) is 4. The number of alkyl halides is 3. The number of carbonyl (C=O) groups is 1. The second-order valence-electron chi connectivity index (χ2n) is 8.10. The Kier molecular flexibility index (Phi) is 5.89. The smallest absolute Gasteiger partial charge is 0.416 e. The summed E-state index contributed by atoms with van der Waals surface area (Å²) in [6.45, 7) is 1.85. The molecule has 0 saturated carbocycles. The Labute approximate surface area is 203 Å². The molecule has 0 spiro atoms. The van der Waals surface area contributed by atoms with Crippen molar-refractivity contribution >= 4 is 22.6 Å². The first-order valence-electron chi connectivity index (χ1n) is 10.9. The van der Waals surface area contributed by atoms with E-state index in [1.165, 1.54) is 12.1 Å². The van der Waals surface area contributed by atoms with Gasteiger partial charge in [0.05, 0.1) is 16.6 Å². The number of hydrogen-bond donors (Lipinski definition) is 2. The van der Waals surface area contributed by atoms with Gasteiger partial charge in [-0.1, -0.05) is 12.1 Å². The second kappa shape index (κ2) is 9.18. The van der Waals surface area contributed by atoms with Gasteiger partial charge in [0.15, 0.2) is 0 Å². The van der Waals surface area contributed by atoms with E-state index in [1.807, 2.05) is 31.2 Å². The van der Waals surface area contributed by atoms with Gasteiger partial charge in [0.2, 0.25) is 0 Å². The predicted octanol–water partition coefficient (Wildman–Crippen LogP) is 7.00. The maximum absolute atomic E-state index is 13.0. The number of anilines is 1. The van der Waals surface area contributed by atoms with Crippen molar-refractivity contribution in [2.24, 2.45) is 0 Å². The number of pyridine rings is 2. The van der Waals surface area contributed by atoms with E-state index in [4.69, 9.17) is 4.74 Å². The Morgan fingerprint density at radius 2 is 1.78 bits per heavy atom. The number of nitrogens with one attached hydrogen (secondary N) is 2. The number of carbonyl (C=O) groups excluding carboxylic acids is 1. The van der Waals surface area contributed by atoms with Crippen LogP contribution in [0.2, 0.25) is 0 Å². The van der Waals surface area contributed by atoms with Gasteiger partial charge in [0.1, 0.15) is 17.1 Å². The Bertz CT molecular complexity index is 1560. The van der Waals surface area contributed by atoms with E-state index in [0.29, 0.717) is 28.5 Å². The van der Waals surface area contributed by atoms with Gasteiger partial charge in [-0.05, 0) is 55.0 Å². The molecule has 2 aromatic carbocycles. The highest BCUT2D eigenvalue weighted by molar-refractivity contribution is 6.04. The molecule has 0 aliphatic rings. The molecule has 1 amide bonds. The predicted molar refractivity (Wildman–Crippen MR) is 130 cm³/mol. The molecule has 6 nitrogen and oxygen atoms in total. The molecular formula is C27H19F3N4O2. The van der Waals surface area contributed by atoms with Crippen LogP contribution in [0.5, 0.6) is 11.5 Å². The molecule has 0 radical (unpaired) electrons. The third kappa shape index (κ3) is 4.76. The molecule has 3 aromatic heterocycles. The summed E-state index contributed by atoms with van der Waals surface area (Å²) in [5, 5.41) is 3.42. The van der Waals surface area contributed by atoms with Gasteiger partial charge in [-0.2, -0.15) is 13.2 Å². The van der Waals surface area contributed by atoms with Gasteiger partial charge in [0, 0.05) is 47.5 Å². The fourth-order valence-electron chi connectivity index (χ4n) is 3.71. The lowest BCUT2D eigenvalue weighted by Gasteiger charge is -2.14. The normalized spacial score (nSPS) is 11.4. The van der Waals surface area contributed by atoms with E-state index in [0.717, 1.165) is 28.6 Å². The highest BCUT2D eigenvalue weighted by Crippen LogP contribution is 2.35. The van der Waals surface area contributed by atoms with Crippen molar-refractivity contribution in [2.75, 3.05) is 5.32 Å². The first-order chi connectivity index (χ1) is 17.3. The highest BCUT2D eigenvalue weighted by Gasteiger charge is 2.30. The number of amides is 1. The minimum atomic E-state index is -4.54. The Morgan fingerprint density at radius 3 is 2.56 bits per heavy atom. The van der Waals surface area contributed by atoms with Crippen LogP contribution in [-0.4, -0.2) is 20.9 Å². The summed E-state index contributed by atoms with van der Waals surface area (Å²) in [7, 11) is 0. The lowest BCUT2D eigenvalue weighted by molar-refractivity contribution is -0.137. The van der Waals surface area contributed by atoms with Crippen molar-refractivity contribution in [3.63, 3.8) is 0 Å². The lowest BCUT2D eigenvalue weighted by Crippen LogP contribution is -2.14. The summed E-state index contributed by atoms with van der Waals surface area (Å²) in [6, 6.07) is 16.7. The molecule has 0 unspecified atom stereocenters. The summed E-state index contributed by atoms with van der Waals surface area (Å²) >= 11 is 0. The summed E-state index contributed by atoms with van der Waals surface area (Å²) in [6.07, 6.45) is 0.581. The fraction of sp³-hybridized carbons (Fsp3) is 0.0741. The number of aromatic amines is 1. The Morgan fingerprint density at radius 1 is 0.972 bits per heavy atom.